The molecule has 0 aliphatic heterocycles. The third-order valence-electron chi connectivity index (χ3n) is 5.93. The maximum atomic E-state index is 13.5. The molecule has 0 saturated heterocycles. The first kappa shape index (κ1) is 21.2. The summed E-state index contributed by atoms with van der Waals surface area (Å²) in [7, 11) is 1.84. The Kier molecular flexibility index (Phi) is 5.19. The van der Waals surface area contributed by atoms with E-state index >= 15 is 0 Å². The molecular weight excluding hydrogens is 426 g/mol. The summed E-state index contributed by atoms with van der Waals surface area (Å²) >= 11 is 0. The number of nitriles is 1. The van der Waals surface area contributed by atoms with Gasteiger partial charge in [0.1, 0.15) is 23.0 Å². The third-order valence-corrected chi connectivity index (χ3v) is 5.93. The molecule has 7 nitrogen and oxygen atoms in total. The minimum atomic E-state index is -0.336. The lowest BCUT2D eigenvalue weighted by Gasteiger charge is -2.13. The number of aryl methyl sites for hydroxylation is 2. The Bertz CT molecular complexity index is 1700. The Balaban J connectivity index is 1.75. The highest BCUT2D eigenvalue weighted by Crippen LogP contribution is 2.29. The summed E-state index contributed by atoms with van der Waals surface area (Å²) in [6.45, 7) is 3.94. The quantitative estimate of drug-likeness (QED) is 0.360. The summed E-state index contributed by atoms with van der Waals surface area (Å²) in [5.41, 5.74) is 4.18. The van der Waals surface area contributed by atoms with Crippen molar-refractivity contribution >= 4 is 28.3 Å². The van der Waals surface area contributed by atoms with Crippen LogP contribution in [0.3, 0.4) is 0 Å². The highest BCUT2D eigenvalue weighted by molar-refractivity contribution is 5.91. The molecule has 3 aromatic heterocycles. The van der Waals surface area contributed by atoms with Crippen LogP contribution in [0.25, 0.3) is 28.3 Å². The molecular formula is C27H21N5O2. The Morgan fingerprint density at radius 1 is 1.03 bits per heavy atom. The van der Waals surface area contributed by atoms with Gasteiger partial charge in [0, 0.05) is 13.2 Å². The summed E-state index contributed by atoms with van der Waals surface area (Å²) in [6, 6.07) is 20.8. The average Bonchev–Trinajstić information content (AvgIpc) is 3.18. The first-order valence-corrected chi connectivity index (χ1v) is 10.8. The van der Waals surface area contributed by atoms with Crippen LogP contribution in [0, 0.1) is 25.2 Å². The Hall–Kier alpha value is -4.70. The number of imidazole rings is 1. The van der Waals surface area contributed by atoms with E-state index < -0.39 is 0 Å². The molecule has 166 valence electrons. The lowest BCUT2D eigenvalue weighted by atomic mass is 10.1. The molecule has 0 aliphatic carbocycles. The highest BCUT2D eigenvalue weighted by atomic mass is 16.5. The zero-order valence-electron chi connectivity index (χ0n) is 19.0. The second kappa shape index (κ2) is 8.34. The van der Waals surface area contributed by atoms with Crippen LogP contribution in [0.2, 0.25) is 0 Å². The molecule has 5 rings (SSSR count). The van der Waals surface area contributed by atoms with Gasteiger partial charge in [-0.1, -0.05) is 30.3 Å². The number of fused-ring (bicyclic) bond motifs is 2. The number of pyridine rings is 1. The molecule has 2 aromatic carbocycles. The summed E-state index contributed by atoms with van der Waals surface area (Å²) in [5.74, 6) is 1.19. The Morgan fingerprint density at radius 3 is 2.62 bits per heavy atom. The fourth-order valence-corrected chi connectivity index (χ4v) is 3.90. The number of benzene rings is 2. The van der Waals surface area contributed by atoms with Crippen molar-refractivity contribution in [3.63, 3.8) is 0 Å². The molecule has 0 saturated carbocycles. The summed E-state index contributed by atoms with van der Waals surface area (Å²) in [4.78, 5) is 22.7. The van der Waals surface area contributed by atoms with Crippen molar-refractivity contribution in [1.82, 2.24) is 18.9 Å². The number of ether oxygens (including phenoxy) is 1. The van der Waals surface area contributed by atoms with Crippen molar-refractivity contribution in [3.8, 4) is 17.7 Å². The van der Waals surface area contributed by atoms with E-state index in [2.05, 4.69) is 16.0 Å². The zero-order valence-corrected chi connectivity index (χ0v) is 19.0. The van der Waals surface area contributed by atoms with E-state index in [-0.39, 0.29) is 22.6 Å². The molecule has 34 heavy (non-hydrogen) atoms. The van der Waals surface area contributed by atoms with Gasteiger partial charge in [0.25, 0.3) is 5.56 Å². The van der Waals surface area contributed by atoms with Crippen molar-refractivity contribution in [1.29, 1.82) is 5.26 Å². The van der Waals surface area contributed by atoms with Crippen LogP contribution in [-0.4, -0.2) is 18.9 Å². The molecule has 0 N–H and O–H groups in total. The molecule has 7 heteroatoms. The second-order valence-corrected chi connectivity index (χ2v) is 8.02. The SMILES string of the molecule is Cc1cccc(Oc2nc3ccccn3c(=O)c2/C=C(\C#N)c2nc3ccccc3n2C)c1C. The van der Waals surface area contributed by atoms with Crippen molar-refractivity contribution < 1.29 is 4.74 Å². The fraction of sp³-hybridized carbons (Fsp3) is 0.111. The largest absolute Gasteiger partial charge is 0.438 e. The van der Waals surface area contributed by atoms with Gasteiger partial charge in [0.2, 0.25) is 5.88 Å². The van der Waals surface area contributed by atoms with Gasteiger partial charge in [-0.05, 0) is 61.4 Å². The molecule has 0 radical (unpaired) electrons. The number of rotatable bonds is 4. The van der Waals surface area contributed by atoms with Gasteiger partial charge in [-0.25, -0.2) is 4.98 Å². The van der Waals surface area contributed by atoms with Gasteiger partial charge in [0.05, 0.1) is 16.6 Å². The maximum absolute atomic E-state index is 13.5. The lowest BCUT2D eigenvalue weighted by Crippen LogP contribution is -2.19. The normalized spacial score (nSPS) is 11.6. The molecule has 0 bridgehead atoms. The number of aromatic nitrogens is 4. The van der Waals surface area contributed by atoms with Crippen LogP contribution >= 0.6 is 0 Å². The van der Waals surface area contributed by atoms with Crippen LogP contribution in [-0.2, 0) is 7.05 Å². The summed E-state index contributed by atoms with van der Waals surface area (Å²) in [5, 5.41) is 10.0. The number of allylic oxidation sites excluding steroid dienone is 1. The van der Waals surface area contributed by atoms with Gasteiger partial charge >= 0.3 is 0 Å². The van der Waals surface area contributed by atoms with Crippen molar-refractivity contribution in [2.24, 2.45) is 7.05 Å². The van der Waals surface area contributed by atoms with Crippen LogP contribution in [0.15, 0.2) is 71.7 Å². The van der Waals surface area contributed by atoms with Crippen LogP contribution in [0.4, 0.5) is 0 Å². The molecule has 0 unspecified atom stereocenters. The van der Waals surface area contributed by atoms with E-state index in [0.29, 0.717) is 17.2 Å². The van der Waals surface area contributed by atoms with Gasteiger partial charge in [-0.15, -0.1) is 0 Å². The van der Waals surface area contributed by atoms with E-state index in [9.17, 15) is 10.1 Å². The second-order valence-electron chi connectivity index (χ2n) is 8.02. The smallest absolute Gasteiger partial charge is 0.269 e. The van der Waals surface area contributed by atoms with Gasteiger partial charge in [-0.2, -0.15) is 10.2 Å². The van der Waals surface area contributed by atoms with E-state index in [4.69, 9.17) is 4.74 Å². The van der Waals surface area contributed by atoms with E-state index in [0.717, 1.165) is 22.2 Å². The van der Waals surface area contributed by atoms with Gasteiger partial charge in [0.15, 0.2) is 5.82 Å². The van der Waals surface area contributed by atoms with Gasteiger partial charge < -0.3 is 9.30 Å². The first-order chi connectivity index (χ1) is 16.5. The lowest BCUT2D eigenvalue weighted by molar-refractivity contribution is 0.457. The topological polar surface area (TPSA) is 85.2 Å². The molecule has 0 fully saturated rings. The van der Waals surface area contributed by atoms with E-state index in [1.807, 2.05) is 67.9 Å². The van der Waals surface area contributed by atoms with Crippen molar-refractivity contribution in [2.45, 2.75) is 13.8 Å². The minimum Gasteiger partial charge on any atom is -0.438 e. The van der Waals surface area contributed by atoms with Crippen LogP contribution in [0.1, 0.15) is 22.5 Å². The van der Waals surface area contributed by atoms with E-state index in [1.165, 1.54) is 10.5 Å². The molecule has 3 heterocycles. The van der Waals surface area contributed by atoms with Gasteiger partial charge in [-0.3, -0.25) is 9.20 Å². The molecule has 0 spiro atoms. The Morgan fingerprint density at radius 2 is 1.82 bits per heavy atom. The number of hydrogen-bond donors (Lipinski definition) is 0. The van der Waals surface area contributed by atoms with Crippen LogP contribution < -0.4 is 10.3 Å². The maximum Gasteiger partial charge on any atom is 0.269 e. The van der Waals surface area contributed by atoms with Crippen molar-refractivity contribution in [2.75, 3.05) is 0 Å². The predicted molar refractivity (Wildman–Crippen MR) is 132 cm³/mol. The van der Waals surface area contributed by atoms with Crippen molar-refractivity contribution in [3.05, 3.63) is 99.7 Å². The summed E-state index contributed by atoms with van der Waals surface area (Å²) in [6.07, 6.45) is 3.15. The van der Waals surface area contributed by atoms with Crippen LogP contribution in [0.5, 0.6) is 11.6 Å². The number of para-hydroxylation sites is 2. The Labute approximate surface area is 195 Å². The minimum absolute atomic E-state index is 0.136. The molecule has 5 aromatic rings. The first-order valence-electron chi connectivity index (χ1n) is 10.8. The highest BCUT2D eigenvalue weighted by Gasteiger charge is 2.18. The monoisotopic (exact) mass is 447 g/mol. The third kappa shape index (κ3) is 3.51. The molecule has 0 amide bonds. The summed E-state index contributed by atoms with van der Waals surface area (Å²) < 4.78 is 9.45. The predicted octanol–water partition coefficient (Wildman–Crippen LogP) is 5.05. The number of nitrogens with zero attached hydrogens (tertiary/aromatic N) is 5. The standard InChI is InChI=1S/C27H21N5O2/c1-17-9-8-12-23(18(17)2)34-26-20(27(33)32-14-7-6-13-24(32)30-26)15-19(16-28)25-29-21-10-4-5-11-22(21)31(25)3/h4-15H,1-3H3/b19-15+. The molecule has 0 atom stereocenters. The fourth-order valence-electron chi connectivity index (χ4n) is 3.90. The number of hydrogen-bond acceptors (Lipinski definition) is 5. The zero-order chi connectivity index (χ0) is 23.8. The van der Waals surface area contributed by atoms with E-state index in [1.54, 1.807) is 24.4 Å². The molecule has 0 aliphatic rings. The average molecular weight is 447 g/mol.